The molecule has 0 aliphatic carbocycles. The molecular weight excluding hydrogens is 273 g/mol. The largest absolute Gasteiger partial charge is 0.416 e. The Kier molecular flexibility index (Phi) is 3.91. The summed E-state index contributed by atoms with van der Waals surface area (Å²) in [4.78, 5) is 4.35. The van der Waals surface area contributed by atoms with Crippen LogP contribution in [0.1, 0.15) is 23.4 Å². The van der Waals surface area contributed by atoms with Gasteiger partial charge < -0.3 is 5.73 Å². The van der Waals surface area contributed by atoms with Crippen LogP contribution in [0.25, 0.3) is 11.3 Å². The maximum atomic E-state index is 12.6. The third-order valence-corrected chi connectivity index (χ3v) is 3.86. The molecule has 0 aliphatic heterocycles. The van der Waals surface area contributed by atoms with Crippen molar-refractivity contribution in [2.45, 2.75) is 19.0 Å². The van der Waals surface area contributed by atoms with Gasteiger partial charge in [-0.25, -0.2) is 4.98 Å². The van der Waals surface area contributed by atoms with E-state index in [0.717, 1.165) is 17.1 Å². The van der Waals surface area contributed by atoms with Gasteiger partial charge in [0.25, 0.3) is 0 Å². The summed E-state index contributed by atoms with van der Waals surface area (Å²) in [6.07, 6.45) is -4.33. The van der Waals surface area contributed by atoms with Gasteiger partial charge in [-0.15, -0.1) is 11.3 Å². The van der Waals surface area contributed by atoms with Crippen molar-refractivity contribution in [3.8, 4) is 11.3 Å². The van der Waals surface area contributed by atoms with E-state index >= 15 is 0 Å². The second kappa shape index (κ2) is 5.30. The molecule has 0 saturated carbocycles. The van der Waals surface area contributed by atoms with Crippen molar-refractivity contribution < 1.29 is 13.2 Å². The first kappa shape index (κ1) is 14.0. The first-order valence-electron chi connectivity index (χ1n) is 5.75. The molecule has 1 aromatic heterocycles. The molecule has 1 unspecified atom stereocenters. The van der Waals surface area contributed by atoms with Crippen molar-refractivity contribution >= 4 is 11.3 Å². The van der Waals surface area contributed by atoms with Crippen molar-refractivity contribution in [3.05, 3.63) is 40.2 Å². The van der Waals surface area contributed by atoms with Crippen LogP contribution >= 0.6 is 11.3 Å². The van der Waals surface area contributed by atoms with Gasteiger partial charge in [-0.1, -0.05) is 19.1 Å². The average molecular weight is 286 g/mol. The molecule has 102 valence electrons. The highest BCUT2D eigenvalue weighted by Crippen LogP contribution is 2.33. The van der Waals surface area contributed by atoms with E-state index in [9.17, 15) is 13.2 Å². The number of nitrogens with two attached hydrogens (primary N) is 1. The number of hydrogen-bond donors (Lipinski definition) is 1. The standard InChI is InChI=1S/C13H13F3N2S/c1-8(6-17)12-18-11(7-19-12)9-3-2-4-10(5-9)13(14,15)16/h2-5,7-8H,6,17H2,1H3. The van der Waals surface area contributed by atoms with E-state index in [2.05, 4.69) is 4.98 Å². The second-order valence-corrected chi connectivity index (χ2v) is 5.18. The first-order valence-corrected chi connectivity index (χ1v) is 6.63. The lowest BCUT2D eigenvalue weighted by atomic mass is 10.1. The molecule has 0 fully saturated rings. The molecule has 6 heteroatoms. The number of alkyl halides is 3. The van der Waals surface area contributed by atoms with Crippen molar-refractivity contribution in [1.29, 1.82) is 0 Å². The van der Waals surface area contributed by atoms with Gasteiger partial charge in [-0.05, 0) is 12.1 Å². The van der Waals surface area contributed by atoms with Gasteiger partial charge in [0.15, 0.2) is 0 Å². The van der Waals surface area contributed by atoms with Crippen LogP contribution in [-0.4, -0.2) is 11.5 Å². The molecule has 0 spiro atoms. The Bertz CT molecular complexity index is 563. The fraction of sp³-hybridized carbons (Fsp3) is 0.308. The molecule has 2 nitrogen and oxygen atoms in total. The summed E-state index contributed by atoms with van der Waals surface area (Å²) in [5.41, 5.74) is 5.93. The molecule has 2 rings (SSSR count). The van der Waals surface area contributed by atoms with Crippen molar-refractivity contribution in [1.82, 2.24) is 4.98 Å². The molecule has 0 amide bonds. The molecule has 0 radical (unpaired) electrons. The number of halogens is 3. The van der Waals surface area contributed by atoms with Crippen LogP contribution in [0.2, 0.25) is 0 Å². The number of benzene rings is 1. The van der Waals surface area contributed by atoms with E-state index in [1.165, 1.54) is 17.4 Å². The van der Waals surface area contributed by atoms with Crippen LogP contribution in [0.15, 0.2) is 29.6 Å². The maximum absolute atomic E-state index is 12.6. The van der Waals surface area contributed by atoms with E-state index < -0.39 is 11.7 Å². The summed E-state index contributed by atoms with van der Waals surface area (Å²) in [5.74, 6) is 0.115. The van der Waals surface area contributed by atoms with Gasteiger partial charge >= 0.3 is 6.18 Å². The predicted molar refractivity (Wildman–Crippen MR) is 70.0 cm³/mol. The molecule has 0 aliphatic rings. The molecule has 0 saturated heterocycles. The monoisotopic (exact) mass is 286 g/mol. The van der Waals surface area contributed by atoms with Gasteiger partial charge in [0.2, 0.25) is 0 Å². The van der Waals surface area contributed by atoms with Gasteiger partial charge in [-0.2, -0.15) is 13.2 Å². The van der Waals surface area contributed by atoms with E-state index in [-0.39, 0.29) is 5.92 Å². The van der Waals surface area contributed by atoms with Crippen molar-refractivity contribution in [3.63, 3.8) is 0 Å². The Balaban J connectivity index is 2.34. The van der Waals surface area contributed by atoms with Crippen molar-refractivity contribution in [2.75, 3.05) is 6.54 Å². The SMILES string of the molecule is CC(CN)c1nc(-c2cccc(C(F)(F)F)c2)cs1. The maximum Gasteiger partial charge on any atom is 0.416 e. The Morgan fingerprint density at radius 3 is 2.74 bits per heavy atom. The summed E-state index contributed by atoms with van der Waals surface area (Å²) < 4.78 is 37.9. The minimum atomic E-state index is -4.33. The Morgan fingerprint density at radius 1 is 1.37 bits per heavy atom. The predicted octanol–water partition coefficient (Wildman–Crippen LogP) is 3.89. The fourth-order valence-corrected chi connectivity index (χ4v) is 2.50. The van der Waals surface area contributed by atoms with Crippen LogP contribution in [0.4, 0.5) is 13.2 Å². The lowest BCUT2D eigenvalue weighted by Crippen LogP contribution is -2.08. The highest BCUT2D eigenvalue weighted by atomic mass is 32.1. The minimum absolute atomic E-state index is 0.115. The van der Waals surface area contributed by atoms with Gasteiger partial charge in [0.05, 0.1) is 16.3 Å². The molecule has 1 atom stereocenters. The van der Waals surface area contributed by atoms with Gasteiger partial charge in [0, 0.05) is 23.4 Å². The van der Waals surface area contributed by atoms with E-state index in [0.29, 0.717) is 17.8 Å². The average Bonchev–Trinajstić information content (AvgIpc) is 2.86. The second-order valence-electron chi connectivity index (χ2n) is 4.29. The zero-order valence-electron chi connectivity index (χ0n) is 10.2. The highest BCUT2D eigenvalue weighted by Gasteiger charge is 2.30. The van der Waals surface area contributed by atoms with E-state index in [4.69, 9.17) is 5.73 Å². The quantitative estimate of drug-likeness (QED) is 0.929. The van der Waals surface area contributed by atoms with Crippen LogP contribution in [0, 0.1) is 0 Å². The Labute approximate surface area is 113 Å². The summed E-state index contributed by atoms with van der Waals surface area (Å²) in [6.45, 7) is 2.41. The molecule has 1 heterocycles. The minimum Gasteiger partial charge on any atom is -0.330 e. The number of hydrogen-bond acceptors (Lipinski definition) is 3. The summed E-state index contributed by atoms with van der Waals surface area (Å²) >= 11 is 1.42. The summed E-state index contributed by atoms with van der Waals surface area (Å²) in [6, 6.07) is 5.19. The third kappa shape index (κ3) is 3.13. The first-order chi connectivity index (χ1) is 8.91. The molecule has 2 N–H and O–H groups in total. The van der Waals surface area contributed by atoms with Crippen molar-refractivity contribution in [2.24, 2.45) is 5.73 Å². The molecule has 1 aromatic carbocycles. The third-order valence-electron chi connectivity index (χ3n) is 2.78. The Morgan fingerprint density at radius 2 is 2.11 bits per heavy atom. The number of aromatic nitrogens is 1. The molecule has 0 bridgehead atoms. The van der Waals surface area contributed by atoms with Crippen LogP contribution in [0.5, 0.6) is 0 Å². The number of thiazole rings is 1. The number of rotatable bonds is 3. The van der Waals surface area contributed by atoms with E-state index in [1.54, 1.807) is 11.4 Å². The molecule has 19 heavy (non-hydrogen) atoms. The smallest absolute Gasteiger partial charge is 0.330 e. The lowest BCUT2D eigenvalue weighted by molar-refractivity contribution is -0.137. The molecule has 2 aromatic rings. The zero-order valence-corrected chi connectivity index (χ0v) is 11.1. The van der Waals surface area contributed by atoms with Gasteiger partial charge in [-0.3, -0.25) is 0 Å². The van der Waals surface area contributed by atoms with Crippen LogP contribution in [0.3, 0.4) is 0 Å². The normalized spacial score (nSPS) is 13.5. The Hall–Kier alpha value is -1.40. The lowest BCUT2D eigenvalue weighted by Gasteiger charge is -2.07. The topological polar surface area (TPSA) is 38.9 Å². The highest BCUT2D eigenvalue weighted by molar-refractivity contribution is 7.10. The fourth-order valence-electron chi connectivity index (χ4n) is 1.60. The van der Waals surface area contributed by atoms with Crippen LogP contribution < -0.4 is 5.73 Å². The summed E-state index contributed by atoms with van der Waals surface area (Å²) in [7, 11) is 0. The number of nitrogens with zero attached hydrogens (tertiary/aromatic N) is 1. The molecular formula is C13H13F3N2S. The van der Waals surface area contributed by atoms with E-state index in [1.807, 2.05) is 6.92 Å². The van der Waals surface area contributed by atoms with Crippen LogP contribution in [-0.2, 0) is 6.18 Å². The van der Waals surface area contributed by atoms with Gasteiger partial charge in [0.1, 0.15) is 0 Å². The summed E-state index contributed by atoms with van der Waals surface area (Å²) in [5, 5.41) is 2.60. The zero-order chi connectivity index (χ0) is 14.0.